The van der Waals surface area contributed by atoms with Gasteiger partial charge in [-0.15, -0.1) is 0 Å². The van der Waals surface area contributed by atoms with E-state index >= 15 is 0 Å². The molecule has 0 saturated heterocycles. The van der Waals surface area contributed by atoms with E-state index in [0.717, 1.165) is 11.3 Å². The molecular weight excluding hydrogens is 326 g/mol. The Morgan fingerprint density at radius 1 is 1.12 bits per heavy atom. The van der Waals surface area contributed by atoms with Crippen molar-refractivity contribution in [3.63, 3.8) is 0 Å². The Morgan fingerprint density at radius 2 is 1.92 bits per heavy atom. The summed E-state index contributed by atoms with van der Waals surface area (Å²) in [5.74, 6) is 0.302. The van der Waals surface area contributed by atoms with Gasteiger partial charge in [-0.1, -0.05) is 36.4 Å². The number of hydrogen-bond acceptors (Lipinski definition) is 5. The highest BCUT2D eigenvalue weighted by Gasteiger charge is 2.14. The molecule has 6 heteroatoms. The lowest BCUT2D eigenvalue weighted by atomic mass is 10.2. The lowest BCUT2D eigenvalue weighted by molar-refractivity contribution is 0.0779. The number of nitrogens with zero attached hydrogens (tertiary/aromatic N) is 4. The first-order valence-corrected chi connectivity index (χ1v) is 8.04. The topological polar surface area (TPSA) is 81.9 Å². The van der Waals surface area contributed by atoms with Gasteiger partial charge in [-0.25, -0.2) is 9.97 Å². The molecule has 1 heterocycles. The van der Waals surface area contributed by atoms with Crippen LogP contribution in [0, 0.1) is 11.3 Å². The lowest BCUT2D eigenvalue weighted by Crippen LogP contribution is -2.27. The van der Waals surface area contributed by atoms with Crippen LogP contribution in [-0.2, 0) is 6.54 Å². The fourth-order valence-corrected chi connectivity index (χ4v) is 2.48. The zero-order chi connectivity index (χ0) is 18.4. The summed E-state index contributed by atoms with van der Waals surface area (Å²) < 4.78 is 0. The van der Waals surface area contributed by atoms with E-state index < -0.39 is 0 Å². The summed E-state index contributed by atoms with van der Waals surface area (Å²) in [6, 6.07) is 20.5. The third-order valence-corrected chi connectivity index (χ3v) is 3.76. The predicted octanol–water partition coefficient (Wildman–Crippen LogP) is 3.36. The fraction of sp³-hybridized carbons (Fsp3) is 0.100. The van der Waals surface area contributed by atoms with E-state index in [4.69, 9.17) is 5.26 Å². The summed E-state index contributed by atoms with van der Waals surface area (Å²) in [6.45, 7) is 0.497. The van der Waals surface area contributed by atoms with Gasteiger partial charge in [0.15, 0.2) is 0 Å². The lowest BCUT2D eigenvalue weighted by Gasteiger charge is -2.17. The molecule has 1 amide bonds. The van der Waals surface area contributed by atoms with Gasteiger partial charge < -0.3 is 10.2 Å². The van der Waals surface area contributed by atoms with E-state index in [-0.39, 0.29) is 5.91 Å². The number of hydrogen-bond donors (Lipinski definition) is 1. The quantitative estimate of drug-likeness (QED) is 0.768. The van der Waals surface area contributed by atoms with Crippen molar-refractivity contribution in [2.24, 2.45) is 0 Å². The molecule has 0 unspecified atom stereocenters. The number of carbonyl (C=O) groups is 1. The minimum Gasteiger partial charge on any atom is -0.340 e. The minimum absolute atomic E-state index is 0.190. The summed E-state index contributed by atoms with van der Waals surface area (Å²) in [7, 11) is 1.74. The molecule has 0 saturated carbocycles. The number of carbonyl (C=O) groups excluding carboxylic acids is 1. The van der Waals surface area contributed by atoms with Crippen LogP contribution in [0.5, 0.6) is 0 Å². The van der Waals surface area contributed by atoms with E-state index in [1.54, 1.807) is 36.2 Å². The summed E-state index contributed by atoms with van der Waals surface area (Å²) in [5.41, 5.74) is 2.61. The maximum Gasteiger partial charge on any atom is 0.272 e. The molecule has 128 valence electrons. The summed E-state index contributed by atoms with van der Waals surface area (Å²) in [4.78, 5) is 22.5. The number of aromatic nitrogens is 2. The molecule has 0 atom stereocenters. The zero-order valence-corrected chi connectivity index (χ0v) is 14.3. The normalized spacial score (nSPS) is 10.0. The number of amides is 1. The van der Waals surface area contributed by atoms with E-state index in [9.17, 15) is 4.79 Å². The van der Waals surface area contributed by atoms with E-state index in [0.29, 0.717) is 23.6 Å². The van der Waals surface area contributed by atoms with Crippen LogP contribution in [0.1, 0.15) is 21.6 Å². The van der Waals surface area contributed by atoms with Crippen LogP contribution in [0.15, 0.2) is 67.0 Å². The van der Waals surface area contributed by atoms with Crippen molar-refractivity contribution in [3.8, 4) is 6.07 Å². The Bertz CT molecular complexity index is 950. The Hall–Kier alpha value is -3.72. The van der Waals surface area contributed by atoms with Gasteiger partial charge in [0, 0.05) is 25.3 Å². The van der Waals surface area contributed by atoms with Crippen molar-refractivity contribution in [3.05, 3.63) is 83.8 Å². The monoisotopic (exact) mass is 343 g/mol. The molecule has 1 N–H and O–H groups in total. The largest absolute Gasteiger partial charge is 0.340 e. The fourth-order valence-electron chi connectivity index (χ4n) is 2.48. The van der Waals surface area contributed by atoms with Crippen LogP contribution in [0.25, 0.3) is 0 Å². The number of benzene rings is 2. The second-order valence-electron chi connectivity index (χ2n) is 5.75. The molecule has 0 radical (unpaired) electrons. The van der Waals surface area contributed by atoms with Crippen molar-refractivity contribution in [1.29, 1.82) is 5.26 Å². The highest BCUT2D eigenvalue weighted by Crippen LogP contribution is 2.16. The SMILES string of the molecule is CN(Cc1ccccc1)C(=O)c1cc(Nc2cccc(C#N)c2)ncn1. The Labute approximate surface area is 151 Å². The Kier molecular flexibility index (Phi) is 5.20. The average molecular weight is 343 g/mol. The first kappa shape index (κ1) is 17.1. The summed E-state index contributed by atoms with van der Waals surface area (Å²) in [5, 5.41) is 12.1. The van der Waals surface area contributed by atoms with Gasteiger partial charge in [0.25, 0.3) is 5.91 Å². The number of nitrogens with one attached hydrogen (secondary N) is 1. The predicted molar refractivity (Wildman–Crippen MR) is 98.7 cm³/mol. The van der Waals surface area contributed by atoms with Crippen molar-refractivity contribution in [2.75, 3.05) is 12.4 Å². The van der Waals surface area contributed by atoms with Crippen LogP contribution in [0.2, 0.25) is 0 Å². The van der Waals surface area contributed by atoms with Gasteiger partial charge in [-0.05, 0) is 23.8 Å². The first-order valence-electron chi connectivity index (χ1n) is 8.04. The molecule has 0 spiro atoms. The third-order valence-electron chi connectivity index (χ3n) is 3.76. The third kappa shape index (κ3) is 4.22. The second-order valence-corrected chi connectivity index (χ2v) is 5.75. The van der Waals surface area contributed by atoms with Gasteiger partial charge in [0.05, 0.1) is 11.6 Å². The van der Waals surface area contributed by atoms with Crippen molar-refractivity contribution in [2.45, 2.75) is 6.54 Å². The highest BCUT2D eigenvalue weighted by atomic mass is 16.2. The molecule has 0 aliphatic rings. The Morgan fingerprint density at radius 3 is 2.69 bits per heavy atom. The van der Waals surface area contributed by atoms with Crippen LogP contribution < -0.4 is 5.32 Å². The second kappa shape index (κ2) is 7.90. The molecule has 3 aromatic rings. The van der Waals surface area contributed by atoms with Crippen LogP contribution >= 0.6 is 0 Å². The highest BCUT2D eigenvalue weighted by molar-refractivity contribution is 5.92. The van der Waals surface area contributed by atoms with Crippen molar-refractivity contribution >= 4 is 17.4 Å². The van der Waals surface area contributed by atoms with E-state index in [2.05, 4.69) is 21.4 Å². The average Bonchev–Trinajstić information content (AvgIpc) is 2.68. The van der Waals surface area contributed by atoms with Gasteiger partial charge in [0.1, 0.15) is 17.8 Å². The molecule has 0 aliphatic carbocycles. The maximum absolute atomic E-state index is 12.6. The first-order chi connectivity index (χ1) is 12.7. The molecule has 1 aromatic heterocycles. The zero-order valence-electron chi connectivity index (χ0n) is 14.3. The maximum atomic E-state index is 12.6. The molecule has 0 aliphatic heterocycles. The van der Waals surface area contributed by atoms with Crippen molar-refractivity contribution in [1.82, 2.24) is 14.9 Å². The minimum atomic E-state index is -0.190. The standard InChI is InChI=1S/C20H17N5O/c1-25(13-15-6-3-2-4-7-15)20(26)18-11-19(23-14-22-18)24-17-9-5-8-16(10-17)12-21/h2-11,14H,13H2,1H3,(H,22,23,24). The molecular formula is C20H17N5O. The van der Waals surface area contributed by atoms with Crippen LogP contribution in [0.4, 0.5) is 11.5 Å². The number of nitriles is 1. The molecule has 0 fully saturated rings. The van der Waals surface area contributed by atoms with Gasteiger partial charge >= 0.3 is 0 Å². The Balaban J connectivity index is 1.73. The van der Waals surface area contributed by atoms with Gasteiger partial charge in [-0.2, -0.15) is 5.26 Å². The van der Waals surface area contributed by atoms with Crippen LogP contribution in [0.3, 0.4) is 0 Å². The molecule has 2 aromatic carbocycles. The smallest absolute Gasteiger partial charge is 0.272 e. The van der Waals surface area contributed by atoms with E-state index in [1.165, 1.54) is 6.33 Å². The molecule has 0 bridgehead atoms. The number of anilines is 2. The van der Waals surface area contributed by atoms with Gasteiger partial charge in [0.2, 0.25) is 0 Å². The van der Waals surface area contributed by atoms with Crippen molar-refractivity contribution < 1.29 is 4.79 Å². The molecule has 6 nitrogen and oxygen atoms in total. The molecule has 26 heavy (non-hydrogen) atoms. The molecule has 3 rings (SSSR count). The van der Waals surface area contributed by atoms with Crippen LogP contribution in [-0.4, -0.2) is 27.8 Å². The summed E-state index contributed by atoms with van der Waals surface area (Å²) in [6.07, 6.45) is 1.35. The van der Waals surface area contributed by atoms with E-state index in [1.807, 2.05) is 36.4 Å². The van der Waals surface area contributed by atoms with Gasteiger partial charge in [-0.3, -0.25) is 4.79 Å². The summed E-state index contributed by atoms with van der Waals surface area (Å²) >= 11 is 0. The number of rotatable bonds is 5.